The number of ether oxygens (including phenoxy) is 3. The van der Waals surface area contributed by atoms with E-state index in [-0.39, 0.29) is 29.8 Å². The van der Waals surface area contributed by atoms with Crippen LogP contribution in [0.15, 0.2) is 28.3 Å². The fraction of sp³-hybridized carbons (Fsp3) is 0.792. The van der Waals surface area contributed by atoms with E-state index < -0.39 is 5.72 Å². The average Bonchev–Trinajstić information content (AvgIpc) is 3.15. The average molecular weight is 477 g/mol. The molecule has 4 atom stereocenters. The first-order chi connectivity index (χ1) is 16.3. The van der Waals surface area contributed by atoms with Crippen LogP contribution in [0.3, 0.4) is 0 Å². The maximum absolute atomic E-state index is 9.69. The Hall–Kier alpha value is -1.69. The predicted octanol–water partition coefficient (Wildman–Crippen LogP) is -0.211. The van der Waals surface area contributed by atoms with Crippen molar-refractivity contribution >= 4 is 6.34 Å². The molecule has 0 amide bonds. The molecule has 0 aromatic carbocycles. The lowest BCUT2D eigenvalue weighted by Gasteiger charge is -2.54. The summed E-state index contributed by atoms with van der Waals surface area (Å²) in [6, 6.07) is -0.134. The third kappa shape index (κ3) is 3.66. The zero-order valence-corrected chi connectivity index (χ0v) is 20.9. The van der Waals surface area contributed by atoms with Crippen LogP contribution in [0.5, 0.6) is 0 Å². The van der Waals surface area contributed by atoms with Gasteiger partial charge >= 0.3 is 0 Å². The van der Waals surface area contributed by atoms with E-state index in [4.69, 9.17) is 19.2 Å². The molecule has 5 heterocycles. The Morgan fingerprint density at radius 3 is 3.06 bits per heavy atom. The van der Waals surface area contributed by atoms with Crippen LogP contribution in [0.1, 0.15) is 26.7 Å². The monoisotopic (exact) mass is 476 g/mol. The van der Waals surface area contributed by atoms with Crippen LogP contribution in [-0.2, 0) is 14.2 Å². The highest BCUT2D eigenvalue weighted by Crippen LogP contribution is 2.57. The third-order valence-electron chi connectivity index (χ3n) is 8.13. The molecule has 10 heteroatoms. The van der Waals surface area contributed by atoms with Gasteiger partial charge in [-0.05, 0) is 53.4 Å². The summed E-state index contributed by atoms with van der Waals surface area (Å²) < 4.78 is 18.9. The summed E-state index contributed by atoms with van der Waals surface area (Å²) in [5.74, 6) is 1.80. The zero-order chi connectivity index (χ0) is 24.0. The van der Waals surface area contributed by atoms with Crippen molar-refractivity contribution in [3.63, 3.8) is 0 Å². The fourth-order valence-electron chi connectivity index (χ4n) is 6.38. The second-order valence-electron chi connectivity index (χ2n) is 10.7. The molecule has 0 bridgehead atoms. The molecule has 34 heavy (non-hydrogen) atoms. The molecule has 0 aromatic rings. The predicted molar refractivity (Wildman–Crippen MR) is 129 cm³/mol. The van der Waals surface area contributed by atoms with Gasteiger partial charge in [-0.1, -0.05) is 0 Å². The number of aliphatic hydroxyl groups is 1. The van der Waals surface area contributed by atoms with Gasteiger partial charge in [0.05, 0.1) is 56.0 Å². The van der Waals surface area contributed by atoms with E-state index in [9.17, 15) is 5.11 Å². The second kappa shape index (κ2) is 9.07. The van der Waals surface area contributed by atoms with Crippen molar-refractivity contribution in [1.29, 1.82) is 0 Å². The Morgan fingerprint density at radius 1 is 1.41 bits per heavy atom. The van der Waals surface area contributed by atoms with Gasteiger partial charge in [0.15, 0.2) is 0 Å². The largest absolute Gasteiger partial charge is 0.491 e. The minimum absolute atomic E-state index is 0.0606. The summed E-state index contributed by atoms with van der Waals surface area (Å²) in [5, 5.41) is 20.1. The van der Waals surface area contributed by atoms with Gasteiger partial charge in [0.2, 0.25) is 5.72 Å². The number of piperidine rings is 1. The lowest BCUT2D eigenvalue weighted by Crippen LogP contribution is -2.69. The molecule has 5 aliphatic rings. The first-order valence-corrected chi connectivity index (χ1v) is 12.5. The second-order valence-corrected chi connectivity index (χ2v) is 10.7. The number of hydrogen-bond donors (Lipinski definition) is 4. The van der Waals surface area contributed by atoms with E-state index in [0.29, 0.717) is 32.9 Å². The van der Waals surface area contributed by atoms with Crippen molar-refractivity contribution in [1.82, 2.24) is 25.8 Å². The van der Waals surface area contributed by atoms with E-state index in [1.54, 1.807) is 6.34 Å². The molecule has 0 radical (unpaired) electrons. The minimum Gasteiger partial charge on any atom is -0.491 e. The first-order valence-electron chi connectivity index (χ1n) is 12.5. The Balaban J connectivity index is 1.55. The Kier molecular flexibility index (Phi) is 6.41. The van der Waals surface area contributed by atoms with Gasteiger partial charge in [-0.3, -0.25) is 15.1 Å². The minimum atomic E-state index is -0.625. The third-order valence-corrected chi connectivity index (χ3v) is 8.13. The van der Waals surface area contributed by atoms with Gasteiger partial charge in [0, 0.05) is 18.6 Å². The highest BCUT2D eigenvalue weighted by Gasteiger charge is 2.65. The number of nitrogens with zero attached hydrogens (tertiary/aromatic N) is 3. The van der Waals surface area contributed by atoms with Gasteiger partial charge in [0.25, 0.3) is 0 Å². The van der Waals surface area contributed by atoms with Crippen LogP contribution < -0.4 is 16.0 Å². The highest BCUT2D eigenvalue weighted by atomic mass is 16.6. The van der Waals surface area contributed by atoms with E-state index in [1.807, 2.05) is 0 Å². The van der Waals surface area contributed by atoms with Gasteiger partial charge in [-0.25, -0.2) is 4.99 Å². The SMILES string of the molecule is CN(C)C1COCCN1C(C)(C)C(NCCO)C1=CC23CCCNC2(CO1)OC1=C3N=CNC1. The van der Waals surface area contributed by atoms with Gasteiger partial charge in [-0.15, -0.1) is 0 Å². The van der Waals surface area contributed by atoms with Crippen molar-refractivity contribution in [3.05, 3.63) is 23.3 Å². The standard InChI is InChI=1S/C24H40N6O4/c1-22(2,30-9-11-32-14-19(30)29(3)4)20(26-8-10-31)17-12-23-6-5-7-28-24(23,15-33-17)34-18-13-25-16-27-21(18)23/h12,16,19-20,26,28,31H,5-11,13-15H2,1-4H3,(H,25,27). The number of likely N-dealkylation sites (N-methyl/N-ethyl adjacent to an activating group) is 1. The zero-order valence-electron chi connectivity index (χ0n) is 20.9. The summed E-state index contributed by atoms with van der Waals surface area (Å²) >= 11 is 0. The van der Waals surface area contributed by atoms with Crippen molar-refractivity contribution in [2.75, 3.05) is 66.7 Å². The molecular formula is C24H40N6O4. The number of aliphatic hydroxyl groups excluding tert-OH is 1. The molecule has 0 spiro atoms. The molecular weight excluding hydrogens is 436 g/mol. The molecule has 4 N–H and O–H groups in total. The summed E-state index contributed by atoms with van der Waals surface area (Å²) in [7, 11) is 4.18. The van der Waals surface area contributed by atoms with E-state index in [0.717, 1.165) is 43.1 Å². The molecule has 2 fully saturated rings. The van der Waals surface area contributed by atoms with Crippen LogP contribution in [-0.4, -0.2) is 111 Å². The molecule has 5 rings (SSSR count). The van der Waals surface area contributed by atoms with Crippen LogP contribution in [0.4, 0.5) is 0 Å². The summed E-state index contributed by atoms with van der Waals surface area (Å²) in [4.78, 5) is 9.48. The van der Waals surface area contributed by atoms with E-state index in [2.05, 4.69) is 59.8 Å². The number of nitrogens with one attached hydrogen (secondary N) is 3. The molecule has 0 aromatic heterocycles. The van der Waals surface area contributed by atoms with Crippen LogP contribution in [0, 0.1) is 5.41 Å². The Bertz CT molecular complexity index is 874. The molecule has 0 saturated carbocycles. The number of hydrogen-bond acceptors (Lipinski definition) is 10. The van der Waals surface area contributed by atoms with Crippen molar-refractivity contribution in [2.24, 2.45) is 10.4 Å². The van der Waals surface area contributed by atoms with Crippen molar-refractivity contribution in [2.45, 2.75) is 50.2 Å². The summed E-state index contributed by atoms with van der Waals surface area (Å²) in [5.41, 5.74) is -0.310. The van der Waals surface area contributed by atoms with Gasteiger partial charge in [-0.2, -0.15) is 0 Å². The smallest absolute Gasteiger partial charge is 0.209 e. The Labute approximate surface area is 202 Å². The highest BCUT2D eigenvalue weighted by molar-refractivity contribution is 5.61. The lowest BCUT2D eigenvalue weighted by molar-refractivity contribution is -0.145. The fourth-order valence-corrected chi connectivity index (χ4v) is 6.38. The maximum atomic E-state index is 9.69. The normalized spacial score (nSPS) is 34.4. The van der Waals surface area contributed by atoms with Gasteiger partial charge < -0.3 is 30.0 Å². The van der Waals surface area contributed by atoms with E-state index in [1.165, 1.54) is 0 Å². The Morgan fingerprint density at radius 2 is 2.26 bits per heavy atom. The number of morpholine rings is 1. The van der Waals surface area contributed by atoms with Crippen LogP contribution in [0.25, 0.3) is 0 Å². The van der Waals surface area contributed by atoms with Crippen LogP contribution >= 0.6 is 0 Å². The number of aliphatic imine (C=N–C) groups is 1. The topological polar surface area (TPSA) is 103 Å². The quantitative estimate of drug-likeness (QED) is 0.397. The molecule has 4 unspecified atom stereocenters. The molecule has 5 aliphatic heterocycles. The maximum Gasteiger partial charge on any atom is 0.209 e. The first kappa shape index (κ1) is 24.0. The van der Waals surface area contributed by atoms with Crippen LogP contribution in [0.2, 0.25) is 0 Å². The number of rotatable bonds is 7. The lowest BCUT2D eigenvalue weighted by atomic mass is 9.67. The molecule has 0 aliphatic carbocycles. The molecule has 2 saturated heterocycles. The molecule has 10 nitrogen and oxygen atoms in total. The molecule has 190 valence electrons. The van der Waals surface area contributed by atoms with Crippen molar-refractivity contribution in [3.8, 4) is 0 Å². The van der Waals surface area contributed by atoms with Gasteiger partial charge in [0.1, 0.15) is 18.1 Å². The van der Waals surface area contributed by atoms with E-state index >= 15 is 0 Å². The summed E-state index contributed by atoms with van der Waals surface area (Å²) in [6.07, 6.45) is 6.20. The van der Waals surface area contributed by atoms with Crippen molar-refractivity contribution < 1.29 is 19.3 Å². The summed E-state index contributed by atoms with van der Waals surface area (Å²) in [6.45, 7) is 9.18.